The van der Waals surface area contributed by atoms with Crippen LogP contribution in [0.5, 0.6) is 0 Å². The summed E-state index contributed by atoms with van der Waals surface area (Å²) in [5, 5.41) is 4.72. The average molecular weight is 1200 g/mol. The fourth-order valence-corrected chi connectivity index (χ4v) is 14.6. The first-order valence-corrected chi connectivity index (χ1v) is 33.1. The molecule has 94 heavy (non-hydrogen) atoms. The molecule has 15 rings (SSSR count). The molecule has 0 aliphatic carbocycles. The van der Waals surface area contributed by atoms with E-state index in [0.29, 0.717) is 0 Å². The molecule has 0 saturated carbocycles. The SMILES string of the molecule is CC(C)(C)c1ccc2c(-c3c(-c4ccccc4)c(-c4ccccc4)c(-c4ccccc4)c(-c4ccccc4)c3-c3ccccc3)c3cc(C(C)(C)C)ccc3c(-c3c(-c4ccccc4)c(-c4ccccc4)c(-c4ccccc4)c(-c4ccccc4)c3-c3ccccc3)c2c1. The van der Waals surface area contributed by atoms with Gasteiger partial charge < -0.3 is 0 Å². The molecule has 0 spiro atoms. The topological polar surface area (TPSA) is 0 Å². The molecule has 0 aromatic heterocycles. The molecule has 0 fully saturated rings. The van der Waals surface area contributed by atoms with Crippen LogP contribution in [-0.2, 0) is 10.8 Å². The van der Waals surface area contributed by atoms with E-state index < -0.39 is 0 Å². The van der Waals surface area contributed by atoms with Crippen molar-refractivity contribution in [3.63, 3.8) is 0 Å². The van der Waals surface area contributed by atoms with Crippen LogP contribution >= 0.6 is 0 Å². The summed E-state index contributed by atoms with van der Waals surface area (Å²) in [4.78, 5) is 0. The summed E-state index contributed by atoms with van der Waals surface area (Å²) in [5.41, 5.74) is 30.1. The Bertz CT molecular complexity index is 4660. The third-order valence-corrected chi connectivity index (χ3v) is 19.0. The molecule has 0 unspecified atom stereocenters. The van der Waals surface area contributed by atoms with E-state index in [1.54, 1.807) is 0 Å². The number of hydrogen-bond donors (Lipinski definition) is 0. The van der Waals surface area contributed by atoms with Gasteiger partial charge in [0.05, 0.1) is 0 Å². The van der Waals surface area contributed by atoms with Gasteiger partial charge in [-0.05, 0) is 189 Å². The number of hydrogen-bond acceptors (Lipinski definition) is 0. The molecular weight excluding hydrogens is 1130 g/mol. The van der Waals surface area contributed by atoms with Gasteiger partial charge in [-0.15, -0.1) is 0 Å². The van der Waals surface area contributed by atoms with Gasteiger partial charge in [-0.3, -0.25) is 0 Å². The molecule has 0 radical (unpaired) electrons. The van der Waals surface area contributed by atoms with Crippen molar-refractivity contribution in [2.45, 2.75) is 52.4 Å². The summed E-state index contributed by atoms with van der Waals surface area (Å²) >= 11 is 0. The number of benzene rings is 15. The molecule has 0 atom stereocenters. The zero-order chi connectivity index (χ0) is 63.9. The molecular formula is C94H74. The van der Waals surface area contributed by atoms with Crippen molar-refractivity contribution in [1.29, 1.82) is 0 Å². The summed E-state index contributed by atoms with van der Waals surface area (Å²) < 4.78 is 0. The second kappa shape index (κ2) is 24.8. The molecule has 0 aliphatic heterocycles. The van der Waals surface area contributed by atoms with Crippen LogP contribution in [0.15, 0.2) is 340 Å². The summed E-state index contributed by atoms with van der Waals surface area (Å²) in [7, 11) is 0. The van der Waals surface area contributed by atoms with Gasteiger partial charge in [0, 0.05) is 0 Å². The fourth-order valence-electron chi connectivity index (χ4n) is 14.6. The van der Waals surface area contributed by atoms with Gasteiger partial charge in [-0.1, -0.05) is 369 Å². The summed E-state index contributed by atoms with van der Waals surface area (Å²) in [6.45, 7) is 14.2. The van der Waals surface area contributed by atoms with Crippen LogP contribution in [-0.4, -0.2) is 0 Å². The molecule has 0 amide bonds. The summed E-state index contributed by atoms with van der Waals surface area (Å²) in [5.74, 6) is 0. The maximum atomic E-state index is 2.59. The third-order valence-electron chi connectivity index (χ3n) is 19.0. The van der Waals surface area contributed by atoms with Gasteiger partial charge in [-0.25, -0.2) is 0 Å². The lowest BCUT2D eigenvalue weighted by atomic mass is 9.70. The van der Waals surface area contributed by atoms with Gasteiger partial charge in [-0.2, -0.15) is 0 Å². The van der Waals surface area contributed by atoms with Gasteiger partial charge >= 0.3 is 0 Å². The minimum absolute atomic E-state index is 0.231. The Morgan fingerprint density at radius 1 is 0.138 bits per heavy atom. The third kappa shape index (κ3) is 10.8. The number of fused-ring (bicyclic) bond motifs is 2. The van der Waals surface area contributed by atoms with E-state index in [4.69, 9.17) is 0 Å². The second-order valence-electron chi connectivity index (χ2n) is 26.9. The highest BCUT2D eigenvalue weighted by molar-refractivity contribution is 6.30. The molecule has 15 aromatic rings. The van der Waals surface area contributed by atoms with Crippen molar-refractivity contribution in [1.82, 2.24) is 0 Å². The first kappa shape index (κ1) is 59.1. The normalized spacial score (nSPS) is 11.7. The Morgan fingerprint density at radius 3 is 0.436 bits per heavy atom. The van der Waals surface area contributed by atoms with E-state index in [2.05, 4.69) is 381 Å². The lowest BCUT2D eigenvalue weighted by molar-refractivity contribution is 0.590. The van der Waals surface area contributed by atoms with Crippen molar-refractivity contribution < 1.29 is 0 Å². The van der Waals surface area contributed by atoms with Crippen LogP contribution < -0.4 is 0 Å². The fraction of sp³-hybridized carbons (Fsp3) is 0.0851. The van der Waals surface area contributed by atoms with E-state index in [9.17, 15) is 0 Å². The predicted molar refractivity (Wildman–Crippen MR) is 404 cm³/mol. The largest absolute Gasteiger partial charge is 0.0622 e. The van der Waals surface area contributed by atoms with Crippen LogP contribution in [0.4, 0.5) is 0 Å². The highest BCUT2D eigenvalue weighted by Crippen LogP contribution is 2.62. The minimum atomic E-state index is -0.231. The lowest BCUT2D eigenvalue weighted by Crippen LogP contribution is -2.12. The van der Waals surface area contributed by atoms with Crippen LogP contribution in [0.25, 0.3) is 155 Å². The Labute approximate surface area is 554 Å². The summed E-state index contributed by atoms with van der Waals surface area (Å²) in [6, 6.07) is 127. The Morgan fingerprint density at radius 2 is 0.287 bits per heavy atom. The maximum absolute atomic E-state index is 2.59. The van der Waals surface area contributed by atoms with E-state index >= 15 is 0 Å². The monoisotopic (exact) mass is 1200 g/mol. The molecule has 0 heterocycles. The molecule has 0 N–H and O–H groups in total. The highest BCUT2D eigenvalue weighted by atomic mass is 14.4. The first-order chi connectivity index (χ1) is 46.0. The van der Waals surface area contributed by atoms with E-state index in [-0.39, 0.29) is 10.8 Å². The zero-order valence-corrected chi connectivity index (χ0v) is 54.3. The molecule has 450 valence electrons. The molecule has 0 saturated heterocycles. The van der Waals surface area contributed by atoms with Crippen molar-refractivity contribution in [2.75, 3.05) is 0 Å². The van der Waals surface area contributed by atoms with Crippen LogP contribution in [0, 0.1) is 0 Å². The highest BCUT2D eigenvalue weighted by Gasteiger charge is 2.36. The molecule has 0 heteroatoms. The van der Waals surface area contributed by atoms with Crippen LogP contribution in [0.1, 0.15) is 52.7 Å². The predicted octanol–water partition coefficient (Wildman–Crippen LogP) is 26.6. The number of rotatable bonds is 12. The van der Waals surface area contributed by atoms with Gasteiger partial charge in [0.1, 0.15) is 0 Å². The Hall–Kier alpha value is -11.2. The maximum Gasteiger partial charge on any atom is -0.000138 e. The van der Waals surface area contributed by atoms with E-state index in [1.807, 2.05) is 0 Å². The van der Waals surface area contributed by atoms with Crippen molar-refractivity contribution >= 4 is 21.5 Å². The van der Waals surface area contributed by atoms with Gasteiger partial charge in [0.15, 0.2) is 0 Å². The smallest absolute Gasteiger partial charge is 0.000138 e. The standard InChI is InChI=1S/C94H74/c1-93(2,3)73-57-59-75-77(61-73)89(91-85(69-49-29-13-30-50-69)81(65-41-21-9-22-42-65)79(63-37-17-7-18-38-63)82(66-43-23-10-24-44-66)86(91)70-51-31-14-32-52-70)76-60-58-74(94(4,5)6)62-78(76)90(75)92-87(71-53-33-15-34-54-71)83(67-45-25-11-26-46-67)80(64-39-19-8-20-40-64)84(68-47-27-12-28-48-68)88(92)72-55-35-16-36-56-72/h7-62H,1-6H3. The average Bonchev–Trinajstić information content (AvgIpc) is 0.696. The summed E-state index contributed by atoms with van der Waals surface area (Å²) in [6.07, 6.45) is 0. The minimum Gasteiger partial charge on any atom is -0.0622 e. The van der Waals surface area contributed by atoms with Crippen molar-refractivity contribution in [3.05, 3.63) is 351 Å². The molecule has 0 bridgehead atoms. The molecule has 15 aromatic carbocycles. The first-order valence-electron chi connectivity index (χ1n) is 33.1. The quantitative estimate of drug-likeness (QED) is 0.107. The Kier molecular flexibility index (Phi) is 15.6. The van der Waals surface area contributed by atoms with Crippen molar-refractivity contribution in [3.8, 4) is 134 Å². The van der Waals surface area contributed by atoms with Gasteiger partial charge in [0.25, 0.3) is 0 Å². The van der Waals surface area contributed by atoms with Crippen LogP contribution in [0.3, 0.4) is 0 Å². The van der Waals surface area contributed by atoms with Crippen molar-refractivity contribution in [2.24, 2.45) is 0 Å². The molecule has 0 aliphatic rings. The van der Waals surface area contributed by atoms with Crippen LogP contribution in [0.2, 0.25) is 0 Å². The molecule has 0 nitrogen and oxygen atoms in total. The second-order valence-corrected chi connectivity index (χ2v) is 26.9. The Balaban J connectivity index is 1.29. The zero-order valence-electron chi connectivity index (χ0n) is 54.3. The van der Waals surface area contributed by atoms with Gasteiger partial charge in [0.2, 0.25) is 0 Å². The van der Waals surface area contributed by atoms with E-state index in [0.717, 1.165) is 55.6 Å². The van der Waals surface area contributed by atoms with E-state index in [1.165, 1.54) is 111 Å². The lowest BCUT2D eigenvalue weighted by Gasteiger charge is -2.32.